The van der Waals surface area contributed by atoms with Crippen LogP contribution in [0, 0.1) is 10.6 Å². The lowest BCUT2D eigenvalue weighted by molar-refractivity contribution is -0.133. The number of aromatic nitrogens is 2. The highest BCUT2D eigenvalue weighted by Crippen LogP contribution is 2.27. The average molecular weight is 458 g/mol. The van der Waals surface area contributed by atoms with E-state index in [1.807, 2.05) is 34.8 Å². The molecule has 1 aliphatic rings. The van der Waals surface area contributed by atoms with Crippen LogP contribution in [0.15, 0.2) is 54.7 Å². The number of hydrogen-bond donors (Lipinski definition) is 0. The Kier molecular flexibility index (Phi) is 6.58. The fourth-order valence-electron chi connectivity index (χ4n) is 4.20. The molecule has 1 fully saturated rings. The number of rotatable bonds is 5. The first-order valence-electron chi connectivity index (χ1n) is 10.5. The van der Waals surface area contributed by atoms with Crippen molar-refractivity contribution in [2.45, 2.75) is 44.7 Å². The number of carbonyl (C=O) groups excluding carboxylic acids is 1. The summed E-state index contributed by atoms with van der Waals surface area (Å²) in [6.07, 6.45) is 7.57. The van der Waals surface area contributed by atoms with E-state index in [1.54, 1.807) is 28.8 Å². The summed E-state index contributed by atoms with van der Waals surface area (Å²) in [5.74, 6) is -0.258. The molecule has 0 spiro atoms. The van der Waals surface area contributed by atoms with Crippen molar-refractivity contribution in [1.82, 2.24) is 14.0 Å². The van der Waals surface area contributed by atoms with E-state index in [9.17, 15) is 9.18 Å². The van der Waals surface area contributed by atoms with Crippen molar-refractivity contribution in [3.63, 3.8) is 0 Å². The summed E-state index contributed by atoms with van der Waals surface area (Å²) >= 11 is 11.8. The second-order valence-corrected chi connectivity index (χ2v) is 8.84. The molecule has 1 heterocycles. The van der Waals surface area contributed by atoms with Gasteiger partial charge < -0.3 is 9.47 Å². The maximum Gasteiger partial charge on any atom is 0.242 e. The van der Waals surface area contributed by atoms with Crippen molar-refractivity contribution >= 4 is 29.7 Å². The summed E-state index contributed by atoms with van der Waals surface area (Å²) < 4.78 is 17.7. The minimum absolute atomic E-state index is 0.0434. The van der Waals surface area contributed by atoms with E-state index in [0.717, 1.165) is 29.8 Å². The lowest BCUT2D eigenvalue weighted by Gasteiger charge is -2.31. The molecule has 1 saturated carbocycles. The second-order valence-electron chi connectivity index (χ2n) is 8.04. The van der Waals surface area contributed by atoms with Gasteiger partial charge >= 0.3 is 0 Å². The SMILES string of the molecule is CN(C(=O)Cn1cc(-c2ccc(F)cc2)n(-c2ccc(Cl)cc2)c1=S)C1CCCCC1. The zero-order valence-corrected chi connectivity index (χ0v) is 19.0. The molecule has 0 bridgehead atoms. The van der Waals surface area contributed by atoms with Gasteiger partial charge in [0.2, 0.25) is 5.91 Å². The highest BCUT2D eigenvalue weighted by Gasteiger charge is 2.23. The maximum absolute atomic E-state index is 13.5. The number of benzene rings is 2. The quantitative estimate of drug-likeness (QED) is 0.423. The van der Waals surface area contributed by atoms with Crippen LogP contribution < -0.4 is 0 Å². The van der Waals surface area contributed by atoms with Crippen LogP contribution in [0.1, 0.15) is 32.1 Å². The van der Waals surface area contributed by atoms with E-state index >= 15 is 0 Å². The fourth-order valence-corrected chi connectivity index (χ4v) is 4.65. The van der Waals surface area contributed by atoms with E-state index in [0.29, 0.717) is 15.8 Å². The number of imidazole rings is 1. The van der Waals surface area contributed by atoms with Crippen molar-refractivity contribution < 1.29 is 9.18 Å². The summed E-state index contributed by atoms with van der Waals surface area (Å²) in [5, 5.41) is 0.627. The van der Waals surface area contributed by atoms with Gasteiger partial charge in [-0.3, -0.25) is 9.36 Å². The molecular weight excluding hydrogens is 433 g/mol. The number of nitrogens with zero attached hydrogens (tertiary/aromatic N) is 3. The van der Waals surface area contributed by atoms with Crippen molar-refractivity contribution in [1.29, 1.82) is 0 Å². The van der Waals surface area contributed by atoms with E-state index in [1.165, 1.54) is 31.4 Å². The Balaban J connectivity index is 1.71. The van der Waals surface area contributed by atoms with Gasteiger partial charge in [-0.2, -0.15) is 0 Å². The predicted octanol–water partition coefficient (Wildman–Crippen LogP) is 6.26. The number of amides is 1. The van der Waals surface area contributed by atoms with Gasteiger partial charge in [0.1, 0.15) is 12.4 Å². The van der Waals surface area contributed by atoms with Gasteiger partial charge in [-0.25, -0.2) is 4.39 Å². The Morgan fingerprint density at radius 2 is 1.74 bits per heavy atom. The van der Waals surface area contributed by atoms with Crippen LogP contribution in [0.4, 0.5) is 4.39 Å². The van der Waals surface area contributed by atoms with Crippen molar-refractivity contribution in [2.24, 2.45) is 0 Å². The van der Waals surface area contributed by atoms with Crippen molar-refractivity contribution in [3.05, 3.63) is 70.3 Å². The van der Waals surface area contributed by atoms with Gasteiger partial charge in [-0.1, -0.05) is 30.9 Å². The molecule has 31 heavy (non-hydrogen) atoms. The third kappa shape index (κ3) is 4.75. The molecule has 0 saturated heterocycles. The molecule has 0 radical (unpaired) electrons. The molecule has 7 heteroatoms. The minimum atomic E-state index is -0.302. The molecule has 1 aromatic heterocycles. The first-order chi connectivity index (χ1) is 14.9. The Labute approximate surface area is 191 Å². The van der Waals surface area contributed by atoms with Crippen LogP contribution in [-0.2, 0) is 11.3 Å². The smallest absolute Gasteiger partial charge is 0.242 e. The largest absolute Gasteiger partial charge is 0.341 e. The zero-order chi connectivity index (χ0) is 22.0. The van der Waals surface area contributed by atoms with Crippen molar-refractivity contribution in [2.75, 3.05) is 7.05 Å². The molecule has 1 amide bonds. The highest BCUT2D eigenvalue weighted by atomic mass is 35.5. The zero-order valence-electron chi connectivity index (χ0n) is 17.4. The van der Waals surface area contributed by atoms with E-state index in [4.69, 9.17) is 23.8 Å². The number of carbonyl (C=O) groups is 1. The summed E-state index contributed by atoms with van der Waals surface area (Å²) in [6, 6.07) is 13.9. The lowest BCUT2D eigenvalue weighted by atomic mass is 9.94. The number of likely N-dealkylation sites (N-methyl/N-ethyl adjacent to an activating group) is 1. The molecule has 1 aliphatic carbocycles. The van der Waals surface area contributed by atoms with Gasteiger partial charge in [-0.05, 0) is 73.6 Å². The molecular formula is C24H25ClFN3OS. The molecule has 4 nitrogen and oxygen atoms in total. The third-order valence-electron chi connectivity index (χ3n) is 6.00. The molecule has 0 unspecified atom stereocenters. The van der Waals surface area contributed by atoms with E-state index < -0.39 is 0 Å². The molecule has 0 atom stereocenters. The number of hydrogen-bond acceptors (Lipinski definition) is 2. The summed E-state index contributed by atoms with van der Waals surface area (Å²) in [6.45, 7) is 0.167. The van der Waals surface area contributed by atoms with Crippen LogP contribution in [-0.4, -0.2) is 33.0 Å². The Bertz CT molecular complexity index is 1120. The predicted molar refractivity (Wildman–Crippen MR) is 125 cm³/mol. The van der Waals surface area contributed by atoms with Gasteiger partial charge in [0, 0.05) is 35.6 Å². The van der Waals surface area contributed by atoms with Gasteiger partial charge in [0.05, 0.1) is 5.69 Å². The molecule has 0 aliphatic heterocycles. The molecule has 3 aromatic rings. The monoisotopic (exact) mass is 457 g/mol. The van der Waals surface area contributed by atoms with Crippen LogP contribution in [0.25, 0.3) is 16.9 Å². The topological polar surface area (TPSA) is 30.2 Å². The van der Waals surface area contributed by atoms with Gasteiger partial charge in [0.15, 0.2) is 4.77 Å². The second kappa shape index (κ2) is 9.37. The fraction of sp³-hybridized carbons (Fsp3) is 0.333. The van der Waals surface area contributed by atoms with Crippen LogP contribution >= 0.6 is 23.8 Å². The lowest BCUT2D eigenvalue weighted by Crippen LogP contribution is -2.40. The van der Waals surface area contributed by atoms with Crippen LogP contribution in [0.3, 0.4) is 0 Å². The normalized spacial score (nSPS) is 14.5. The standard InChI is InChI=1S/C24H25ClFN3OS/c1-27(20-5-3-2-4-6-20)23(30)16-28-15-22(17-7-11-19(26)12-8-17)29(24(28)31)21-13-9-18(25)10-14-21/h7-15,20H,2-6,16H2,1H3. The minimum Gasteiger partial charge on any atom is -0.341 e. The van der Waals surface area contributed by atoms with Crippen LogP contribution in [0.2, 0.25) is 5.02 Å². The van der Waals surface area contributed by atoms with Gasteiger partial charge in [-0.15, -0.1) is 0 Å². The number of halogens is 2. The highest BCUT2D eigenvalue weighted by molar-refractivity contribution is 7.71. The first kappa shape index (κ1) is 21.8. The molecule has 0 N–H and O–H groups in total. The molecule has 4 rings (SSSR count). The van der Waals surface area contributed by atoms with Crippen LogP contribution in [0.5, 0.6) is 0 Å². The average Bonchev–Trinajstić information content (AvgIpc) is 3.10. The van der Waals surface area contributed by atoms with E-state index in [2.05, 4.69) is 0 Å². The summed E-state index contributed by atoms with van der Waals surface area (Å²) in [7, 11) is 1.89. The Morgan fingerprint density at radius 3 is 2.39 bits per heavy atom. The summed E-state index contributed by atoms with van der Waals surface area (Å²) in [5.41, 5.74) is 2.44. The van der Waals surface area contributed by atoms with Gasteiger partial charge in [0.25, 0.3) is 0 Å². The Morgan fingerprint density at radius 1 is 1.10 bits per heavy atom. The molecule has 162 valence electrons. The third-order valence-corrected chi connectivity index (χ3v) is 6.67. The van der Waals surface area contributed by atoms with Crippen molar-refractivity contribution in [3.8, 4) is 16.9 Å². The summed E-state index contributed by atoms with van der Waals surface area (Å²) in [4.78, 5) is 14.9. The Hall–Kier alpha value is -2.44. The maximum atomic E-state index is 13.5. The molecule has 2 aromatic carbocycles. The first-order valence-corrected chi connectivity index (χ1v) is 11.3. The van der Waals surface area contributed by atoms with E-state index in [-0.39, 0.29) is 18.3 Å².